The van der Waals surface area contributed by atoms with Crippen molar-refractivity contribution in [3.05, 3.63) is 75.8 Å². The summed E-state index contributed by atoms with van der Waals surface area (Å²) in [5.74, 6) is -1.29. The van der Waals surface area contributed by atoms with Crippen LogP contribution < -0.4 is 0 Å². The zero-order valence-electron chi connectivity index (χ0n) is 14.0. The van der Waals surface area contributed by atoms with Gasteiger partial charge in [0.15, 0.2) is 11.2 Å². The van der Waals surface area contributed by atoms with Crippen LogP contribution in [0.5, 0.6) is 0 Å². The Morgan fingerprint density at radius 2 is 1.77 bits per heavy atom. The highest BCUT2D eigenvalue weighted by Crippen LogP contribution is 2.31. The smallest absolute Gasteiger partial charge is 0.331 e. The Bertz CT molecular complexity index is 856. The first-order chi connectivity index (χ1) is 12.4. The number of Topliss-reactive ketones (excluding diaryl/α,β-unsaturated/α-hetero) is 1. The first-order valence-corrected chi connectivity index (χ1v) is 7.86. The molecule has 0 N–H and O–H groups in total. The fourth-order valence-corrected chi connectivity index (χ4v) is 2.53. The van der Waals surface area contributed by atoms with Crippen molar-refractivity contribution in [2.24, 2.45) is 0 Å². The molecule has 0 aromatic heterocycles. The predicted molar refractivity (Wildman–Crippen MR) is 92.4 cm³/mol. The van der Waals surface area contributed by atoms with Gasteiger partial charge in [0.25, 0.3) is 5.69 Å². The van der Waals surface area contributed by atoms with Crippen molar-refractivity contribution in [1.29, 1.82) is 5.26 Å². The predicted octanol–water partition coefficient (Wildman–Crippen LogP) is 3.19. The molecule has 0 amide bonds. The summed E-state index contributed by atoms with van der Waals surface area (Å²) < 4.78 is 5.04. The normalized spacial score (nSPS) is 12.5. The monoisotopic (exact) mass is 352 g/mol. The number of nitriles is 1. The SMILES string of the molecule is CCOC(=O)C(C#N)(CC(=O)c1ccc([N+](=O)[O-])cc1)c1ccccc1. The molecule has 7 heteroatoms. The molecule has 1 unspecified atom stereocenters. The maximum atomic E-state index is 12.7. The van der Waals surface area contributed by atoms with Gasteiger partial charge in [-0.1, -0.05) is 30.3 Å². The highest BCUT2D eigenvalue weighted by Gasteiger charge is 2.44. The molecule has 2 aromatic rings. The maximum Gasteiger partial charge on any atom is 0.331 e. The zero-order valence-corrected chi connectivity index (χ0v) is 14.0. The molecule has 0 radical (unpaired) electrons. The summed E-state index contributed by atoms with van der Waals surface area (Å²) in [5.41, 5.74) is -1.40. The second kappa shape index (κ2) is 8.03. The van der Waals surface area contributed by atoms with Gasteiger partial charge in [-0.05, 0) is 24.6 Å². The van der Waals surface area contributed by atoms with Crippen molar-refractivity contribution >= 4 is 17.4 Å². The molecule has 7 nitrogen and oxygen atoms in total. The molecule has 0 aliphatic rings. The lowest BCUT2D eigenvalue weighted by molar-refractivity contribution is -0.384. The van der Waals surface area contributed by atoms with Crippen molar-refractivity contribution in [3.8, 4) is 6.07 Å². The van der Waals surface area contributed by atoms with Gasteiger partial charge in [0, 0.05) is 24.1 Å². The minimum absolute atomic E-state index is 0.0703. The molecule has 0 aliphatic carbocycles. The molecule has 132 valence electrons. The number of rotatable bonds is 7. The second-order valence-corrected chi connectivity index (χ2v) is 5.51. The van der Waals surface area contributed by atoms with Crippen molar-refractivity contribution < 1.29 is 19.2 Å². The fraction of sp³-hybridized carbons (Fsp3) is 0.211. The molecule has 0 fully saturated rings. The van der Waals surface area contributed by atoms with Crippen molar-refractivity contribution in [1.82, 2.24) is 0 Å². The Kier molecular flexibility index (Phi) is 5.81. The molecule has 0 aliphatic heterocycles. The summed E-state index contributed by atoms with van der Waals surface area (Å²) in [5, 5.41) is 20.5. The minimum atomic E-state index is -1.78. The summed E-state index contributed by atoms with van der Waals surface area (Å²) in [4.78, 5) is 35.3. The van der Waals surface area contributed by atoms with Crippen molar-refractivity contribution in [2.45, 2.75) is 18.8 Å². The molecular weight excluding hydrogens is 336 g/mol. The van der Waals surface area contributed by atoms with E-state index in [0.29, 0.717) is 5.56 Å². The fourth-order valence-electron chi connectivity index (χ4n) is 2.53. The van der Waals surface area contributed by atoms with E-state index in [4.69, 9.17) is 4.74 Å². The van der Waals surface area contributed by atoms with E-state index in [-0.39, 0.29) is 17.9 Å². The Labute approximate surface area is 150 Å². The number of carbonyl (C=O) groups excluding carboxylic acids is 2. The molecule has 0 spiro atoms. The van der Waals surface area contributed by atoms with Crippen LogP contribution in [-0.4, -0.2) is 23.3 Å². The number of hydrogen-bond acceptors (Lipinski definition) is 6. The Morgan fingerprint density at radius 1 is 1.15 bits per heavy atom. The van der Waals surface area contributed by atoms with E-state index in [2.05, 4.69) is 0 Å². The van der Waals surface area contributed by atoms with E-state index < -0.39 is 28.5 Å². The number of ketones is 1. The standard InChI is InChI=1S/C19H16N2O5/c1-2-26-18(23)19(13-20,15-6-4-3-5-7-15)12-17(22)14-8-10-16(11-9-14)21(24)25/h3-11H,2,12H2,1H3. The van der Waals surface area contributed by atoms with E-state index in [1.54, 1.807) is 37.3 Å². The number of nitro benzene ring substituents is 1. The number of nitro groups is 1. The lowest BCUT2D eigenvalue weighted by atomic mass is 9.76. The molecule has 0 heterocycles. The van der Waals surface area contributed by atoms with E-state index in [1.165, 1.54) is 24.3 Å². The van der Waals surface area contributed by atoms with Crippen molar-refractivity contribution in [3.63, 3.8) is 0 Å². The lowest BCUT2D eigenvalue weighted by Crippen LogP contribution is -2.38. The third kappa shape index (κ3) is 3.75. The first-order valence-electron chi connectivity index (χ1n) is 7.86. The number of non-ortho nitro benzene ring substituents is 1. The second-order valence-electron chi connectivity index (χ2n) is 5.51. The summed E-state index contributed by atoms with van der Waals surface area (Å²) in [6, 6.07) is 15.2. The minimum Gasteiger partial charge on any atom is -0.465 e. The van der Waals surface area contributed by atoms with Crippen LogP contribution in [0.3, 0.4) is 0 Å². The van der Waals surface area contributed by atoms with Gasteiger partial charge in [-0.2, -0.15) is 5.26 Å². The van der Waals surface area contributed by atoms with Crippen LogP contribution in [-0.2, 0) is 14.9 Å². The number of esters is 1. The van der Waals surface area contributed by atoms with Gasteiger partial charge in [0.05, 0.1) is 17.6 Å². The molecule has 0 bridgehead atoms. The summed E-state index contributed by atoms with van der Waals surface area (Å²) in [7, 11) is 0. The van der Waals surface area contributed by atoms with Crippen LogP contribution in [0.1, 0.15) is 29.3 Å². The van der Waals surface area contributed by atoms with Crippen LogP contribution in [0.25, 0.3) is 0 Å². The number of benzene rings is 2. The summed E-state index contributed by atoms with van der Waals surface area (Å²) >= 11 is 0. The van der Waals surface area contributed by atoms with Crippen LogP contribution in [0.4, 0.5) is 5.69 Å². The summed E-state index contributed by atoms with van der Waals surface area (Å²) in [6.07, 6.45) is -0.426. The van der Waals surface area contributed by atoms with Crippen LogP contribution in [0.15, 0.2) is 54.6 Å². The van der Waals surface area contributed by atoms with Crippen LogP contribution in [0, 0.1) is 21.4 Å². The van der Waals surface area contributed by atoms with E-state index in [0.717, 1.165) is 0 Å². The Hall–Kier alpha value is -3.53. The van der Waals surface area contributed by atoms with Gasteiger partial charge in [0.1, 0.15) is 0 Å². The molecule has 0 saturated heterocycles. The number of carbonyl (C=O) groups is 2. The van der Waals surface area contributed by atoms with Gasteiger partial charge in [-0.15, -0.1) is 0 Å². The average Bonchev–Trinajstić information content (AvgIpc) is 2.67. The highest BCUT2D eigenvalue weighted by atomic mass is 16.6. The number of hydrogen-bond donors (Lipinski definition) is 0. The number of ether oxygens (including phenoxy) is 1. The van der Waals surface area contributed by atoms with E-state index >= 15 is 0 Å². The maximum absolute atomic E-state index is 12.7. The molecule has 1 atom stereocenters. The van der Waals surface area contributed by atoms with Crippen LogP contribution in [0.2, 0.25) is 0 Å². The van der Waals surface area contributed by atoms with Gasteiger partial charge >= 0.3 is 5.97 Å². The van der Waals surface area contributed by atoms with Gasteiger partial charge in [0.2, 0.25) is 0 Å². The Morgan fingerprint density at radius 3 is 2.27 bits per heavy atom. The highest BCUT2D eigenvalue weighted by molar-refractivity contribution is 6.02. The molecule has 2 rings (SSSR count). The van der Waals surface area contributed by atoms with Crippen molar-refractivity contribution in [2.75, 3.05) is 6.61 Å². The molecular formula is C19H16N2O5. The number of nitrogens with zero attached hydrogens (tertiary/aromatic N) is 2. The van der Waals surface area contributed by atoms with E-state index in [1.807, 2.05) is 6.07 Å². The third-order valence-corrected chi connectivity index (χ3v) is 3.91. The quantitative estimate of drug-likeness (QED) is 0.327. The van der Waals surface area contributed by atoms with Gasteiger partial charge in [-0.25, -0.2) is 4.79 Å². The van der Waals surface area contributed by atoms with Gasteiger partial charge in [-0.3, -0.25) is 14.9 Å². The lowest BCUT2D eigenvalue weighted by Gasteiger charge is -2.24. The average molecular weight is 352 g/mol. The Balaban J connectivity index is 2.40. The zero-order chi connectivity index (χ0) is 19.2. The van der Waals surface area contributed by atoms with Crippen LogP contribution >= 0.6 is 0 Å². The largest absolute Gasteiger partial charge is 0.465 e. The molecule has 2 aromatic carbocycles. The summed E-state index contributed by atoms with van der Waals surface area (Å²) in [6.45, 7) is 1.68. The van der Waals surface area contributed by atoms with Gasteiger partial charge < -0.3 is 4.74 Å². The first kappa shape index (κ1) is 18.8. The molecule has 26 heavy (non-hydrogen) atoms. The van der Waals surface area contributed by atoms with E-state index in [9.17, 15) is 25.0 Å². The molecule has 0 saturated carbocycles. The third-order valence-electron chi connectivity index (χ3n) is 3.91. The topological polar surface area (TPSA) is 110 Å².